The lowest BCUT2D eigenvalue weighted by Crippen LogP contribution is -2.04. The summed E-state index contributed by atoms with van der Waals surface area (Å²) in [6, 6.07) is 16.0. The number of hydrogen-bond donors (Lipinski definition) is 1. The number of aliphatic carboxylic acids is 1. The summed E-state index contributed by atoms with van der Waals surface area (Å²) in [5, 5.41) is 7.75. The third-order valence-electron chi connectivity index (χ3n) is 2.37. The van der Waals surface area contributed by atoms with Crippen molar-refractivity contribution < 1.29 is 14.6 Å². The molecule has 1 unspecified atom stereocenters. The van der Waals surface area contributed by atoms with Gasteiger partial charge in [-0.3, -0.25) is 4.79 Å². The predicted octanol–water partition coefficient (Wildman–Crippen LogP) is 3.84. The van der Waals surface area contributed by atoms with E-state index < -0.39 is 11.3 Å². The standard InChI is InChI=1S/C14H11ClO3/c15-13(14(16)17)10-6-8-12(9-7-10)18-11-4-2-1-3-5-11/h1-9,13H,(H,16,17). The Morgan fingerprint density at radius 3 is 2.11 bits per heavy atom. The second kappa shape index (κ2) is 5.56. The molecule has 0 aromatic heterocycles. The first-order chi connectivity index (χ1) is 8.66. The zero-order chi connectivity index (χ0) is 13.0. The van der Waals surface area contributed by atoms with Crippen LogP contribution in [-0.4, -0.2) is 11.1 Å². The van der Waals surface area contributed by atoms with Crippen LogP contribution in [0.3, 0.4) is 0 Å². The van der Waals surface area contributed by atoms with Crippen LogP contribution in [0.5, 0.6) is 11.5 Å². The fourth-order valence-corrected chi connectivity index (χ4v) is 1.62. The Hall–Kier alpha value is -2.00. The van der Waals surface area contributed by atoms with Crippen LogP contribution < -0.4 is 4.74 Å². The summed E-state index contributed by atoms with van der Waals surface area (Å²) >= 11 is 5.71. The van der Waals surface area contributed by atoms with Gasteiger partial charge >= 0.3 is 5.97 Å². The Labute approximate surface area is 110 Å². The van der Waals surface area contributed by atoms with Crippen LogP contribution in [0.25, 0.3) is 0 Å². The zero-order valence-electron chi connectivity index (χ0n) is 9.42. The van der Waals surface area contributed by atoms with Gasteiger partial charge in [-0.05, 0) is 29.8 Å². The highest BCUT2D eigenvalue weighted by molar-refractivity contribution is 6.29. The third-order valence-corrected chi connectivity index (χ3v) is 2.81. The first-order valence-corrected chi connectivity index (χ1v) is 5.80. The Morgan fingerprint density at radius 2 is 1.56 bits per heavy atom. The number of rotatable bonds is 4. The Morgan fingerprint density at radius 1 is 1.00 bits per heavy atom. The minimum atomic E-state index is -1.06. The summed E-state index contributed by atoms with van der Waals surface area (Å²) in [7, 11) is 0. The molecule has 2 aromatic carbocycles. The van der Waals surface area contributed by atoms with Crippen LogP contribution in [0.2, 0.25) is 0 Å². The van der Waals surface area contributed by atoms with Gasteiger partial charge in [0.25, 0.3) is 0 Å². The average Bonchev–Trinajstić information content (AvgIpc) is 2.40. The van der Waals surface area contributed by atoms with Gasteiger partial charge in [0.15, 0.2) is 5.38 Å². The van der Waals surface area contributed by atoms with Crippen molar-refractivity contribution in [3.8, 4) is 11.5 Å². The third kappa shape index (κ3) is 3.02. The van der Waals surface area contributed by atoms with Crippen molar-refractivity contribution in [2.45, 2.75) is 5.38 Å². The van der Waals surface area contributed by atoms with Crippen molar-refractivity contribution in [3.05, 3.63) is 60.2 Å². The molecule has 0 saturated carbocycles. The van der Waals surface area contributed by atoms with Gasteiger partial charge in [0.1, 0.15) is 11.5 Å². The van der Waals surface area contributed by atoms with E-state index in [2.05, 4.69) is 0 Å². The van der Waals surface area contributed by atoms with Crippen molar-refractivity contribution in [2.75, 3.05) is 0 Å². The molecule has 0 aliphatic heterocycles. The first kappa shape index (κ1) is 12.5. The molecule has 0 fully saturated rings. The molecule has 0 aliphatic carbocycles. The van der Waals surface area contributed by atoms with Crippen molar-refractivity contribution in [1.29, 1.82) is 0 Å². The Kier molecular flexibility index (Phi) is 3.85. The van der Waals surface area contributed by atoms with E-state index in [1.807, 2.05) is 30.3 Å². The number of carbonyl (C=O) groups is 1. The summed E-state index contributed by atoms with van der Waals surface area (Å²) in [5.41, 5.74) is 0.532. The molecule has 18 heavy (non-hydrogen) atoms. The molecule has 1 N–H and O–H groups in total. The Bertz CT molecular complexity index is 522. The normalized spacial score (nSPS) is 11.8. The van der Waals surface area contributed by atoms with Gasteiger partial charge in [-0.2, -0.15) is 0 Å². The van der Waals surface area contributed by atoms with Gasteiger partial charge in [-0.1, -0.05) is 30.3 Å². The highest BCUT2D eigenvalue weighted by Gasteiger charge is 2.15. The monoisotopic (exact) mass is 262 g/mol. The molecule has 2 aromatic rings. The number of hydrogen-bond acceptors (Lipinski definition) is 2. The van der Waals surface area contributed by atoms with Gasteiger partial charge in [0.05, 0.1) is 0 Å². The SMILES string of the molecule is O=C(O)C(Cl)c1ccc(Oc2ccccc2)cc1. The van der Waals surface area contributed by atoms with Gasteiger partial charge in [0.2, 0.25) is 0 Å². The molecule has 3 nitrogen and oxygen atoms in total. The number of alkyl halides is 1. The summed E-state index contributed by atoms with van der Waals surface area (Å²) < 4.78 is 5.58. The first-order valence-electron chi connectivity index (χ1n) is 5.36. The molecule has 0 bridgehead atoms. The largest absolute Gasteiger partial charge is 0.480 e. The fourth-order valence-electron chi connectivity index (χ4n) is 1.47. The van der Waals surface area contributed by atoms with Crippen LogP contribution in [0.4, 0.5) is 0 Å². The molecule has 0 amide bonds. The minimum absolute atomic E-state index is 0.532. The predicted molar refractivity (Wildman–Crippen MR) is 69.2 cm³/mol. The van der Waals surface area contributed by atoms with E-state index in [9.17, 15) is 4.79 Å². The van der Waals surface area contributed by atoms with Crippen molar-refractivity contribution >= 4 is 17.6 Å². The van der Waals surface area contributed by atoms with Crippen LogP contribution in [-0.2, 0) is 4.79 Å². The van der Waals surface area contributed by atoms with E-state index in [0.717, 1.165) is 5.75 Å². The average molecular weight is 263 g/mol. The molecule has 0 aliphatic rings. The highest BCUT2D eigenvalue weighted by atomic mass is 35.5. The van der Waals surface area contributed by atoms with Crippen molar-refractivity contribution in [3.63, 3.8) is 0 Å². The van der Waals surface area contributed by atoms with Crippen molar-refractivity contribution in [2.24, 2.45) is 0 Å². The molecular formula is C14H11ClO3. The maximum Gasteiger partial charge on any atom is 0.326 e. The number of para-hydroxylation sites is 1. The molecule has 0 spiro atoms. The number of benzene rings is 2. The topological polar surface area (TPSA) is 46.5 Å². The molecule has 1 atom stereocenters. The summed E-state index contributed by atoms with van der Waals surface area (Å²) in [4.78, 5) is 10.7. The second-order valence-electron chi connectivity index (χ2n) is 3.68. The van der Waals surface area contributed by atoms with Crippen LogP contribution in [0.15, 0.2) is 54.6 Å². The van der Waals surface area contributed by atoms with E-state index in [1.165, 1.54) is 0 Å². The summed E-state index contributed by atoms with van der Waals surface area (Å²) in [6.45, 7) is 0. The van der Waals surface area contributed by atoms with E-state index in [-0.39, 0.29) is 0 Å². The summed E-state index contributed by atoms with van der Waals surface area (Å²) in [5.74, 6) is 0.304. The lowest BCUT2D eigenvalue weighted by molar-refractivity contribution is -0.136. The van der Waals surface area contributed by atoms with Crippen LogP contribution in [0, 0.1) is 0 Å². The molecule has 0 radical (unpaired) electrons. The molecule has 4 heteroatoms. The lowest BCUT2D eigenvalue weighted by atomic mass is 10.1. The van der Waals surface area contributed by atoms with Gasteiger partial charge in [0, 0.05) is 0 Å². The van der Waals surface area contributed by atoms with E-state index >= 15 is 0 Å². The van der Waals surface area contributed by atoms with E-state index in [0.29, 0.717) is 11.3 Å². The fraction of sp³-hybridized carbons (Fsp3) is 0.0714. The van der Waals surface area contributed by atoms with Gasteiger partial charge in [-0.25, -0.2) is 0 Å². The van der Waals surface area contributed by atoms with Gasteiger partial charge < -0.3 is 9.84 Å². The maximum atomic E-state index is 10.7. The molecule has 0 heterocycles. The van der Waals surface area contributed by atoms with Crippen LogP contribution in [0.1, 0.15) is 10.9 Å². The molecule has 2 rings (SSSR count). The number of halogens is 1. The van der Waals surface area contributed by atoms with Gasteiger partial charge in [-0.15, -0.1) is 11.6 Å². The summed E-state index contributed by atoms with van der Waals surface area (Å²) in [6.07, 6.45) is 0. The molecule has 0 saturated heterocycles. The number of ether oxygens (including phenoxy) is 1. The molecular weight excluding hydrogens is 252 g/mol. The highest BCUT2D eigenvalue weighted by Crippen LogP contribution is 2.25. The zero-order valence-corrected chi connectivity index (χ0v) is 10.2. The van der Waals surface area contributed by atoms with Crippen molar-refractivity contribution in [1.82, 2.24) is 0 Å². The quantitative estimate of drug-likeness (QED) is 0.852. The Balaban J connectivity index is 2.11. The van der Waals surface area contributed by atoms with Crippen LogP contribution >= 0.6 is 11.6 Å². The second-order valence-corrected chi connectivity index (χ2v) is 4.12. The van der Waals surface area contributed by atoms with E-state index in [4.69, 9.17) is 21.4 Å². The molecule has 92 valence electrons. The maximum absolute atomic E-state index is 10.7. The van der Waals surface area contributed by atoms with E-state index in [1.54, 1.807) is 24.3 Å². The number of carboxylic acids is 1. The smallest absolute Gasteiger partial charge is 0.326 e. The lowest BCUT2D eigenvalue weighted by Gasteiger charge is -2.08. The number of carboxylic acid groups (broad SMARTS) is 1. The minimum Gasteiger partial charge on any atom is -0.480 e.